The van der Waals surface area contributed by atoms with Crippen molar-refractivity contribution in [3.63, 3.8) is 0 Å². The highest BCUT2D eigenvalue weighted by Crippen LogP contribution is 2.33. The predicted octanol–water partition coefficient (Wildman–Crippen LogP) is 4.54. The summed E-state index contributed by atoms with van der Waals surface area (Å²) in [5.41, 5.74) is 3.42. The monoisotopic (exact) mass is 285 g/mol. The van der Waals surface area contributed by atoms with Gasteiger partial charge in [-0.25, -0.2) is 8.78 Å². The molecule has 0 fully saturated rings. The lowest BCUT2D eigenvalue weighted by Gasteiger charge is -2.02. The molecule has 106 valence electrons. The zero-order valence-corrected chi connectivity index (χ0v) is 11.6. The summed E-state index contributed by atoms with van der Waals surface area (Å²) < 4.78 is 27.4. The zero-order chi connectivity index (χ0) is 15.1. The maximum atomic E-state index is 14.0. The highest BCUT2D eigenvalue weighted by atomic mass is 19.1. The van der Waals surface area contributed by atoms with E-state index in [1.807, 2.05) is 26.0 Å². The first-order valence-corrected chi connectivity index (χ1v) is 6.55. The van der Waals surface area contributed by atoms with Crippen molar-refractivity contribution < 1.29 is 13.6 Å². The summed E-state index contributed by atoms with van der Waals surface area (Å²) in [6.07, 6.45) is 0.681. The Hall–Kier alpha value is -2.49. The van der Waals surface area contributed by atoms with Crippen LogP contribution in [0.3, 0.4) is 0 Å². The van der Waals surface area contributed by atoms with Gasteiger partial charge in [-0.3, -0.25) is 4.79 Å². The molecule has 1 N–H and O–H groups in total. The number of hydrogen-bond acceptors (Lipinski definition) is 1. The minimum atomic E-state index is -0.569. The fourth-order valence-corrected chi connectivity index (χ4v) is 2.77. The average molecular weight is 285 g/mol. The van der Waals surface area contributed by atoms with E-state index in [9.17, 15) is 13.6 Å². The van der Waals surface area contributed by atoms with E-state index in [1.54, 1.807) is 0 Å². The van der Waals surface area contributed by atoms with Crippen LogP contribution in [0.1, 0.15) is 21.5 Å². The molecule has 21 heavy (non-hydrogen) atoms. The van der Waals surface area contributed by atoms with E-state index in [2.05, 4.69) is 4.98 Å². The Bertz CT molecular complexity index is 865. The van der Waals surface area contributed by atoms with Crippen LogP contribution in [0.25, 0.3) is 22.2 Å². The van der Waals surface area contributed by atoms with E-state index in [0.29, 0.717) is 17.5 Å². The van der Waals surface area contributed by atoms with Gasteiger partial charge in [0.15, 0.2) is 6.29 Å². The first-order chi connectivity index (χ1) is 10.0. The van der Waals surface area contributed by atoms with Crippen LogP contribution in [-0.4, -0.2) is 11.3 Å². The number of fused-ring (bicyclic) bond motifs is 1. The Balaban J connectivity index is 2.40. The number of aldehydes is 1. The topological polar surface area (TPSA) is 32.9 Å². The number of rotatable bonds is 2. The Labute approximate surface area is 120 Å². The van der Waals surface area contributed by atoms with Crippen molar-refractivity contribution in [2.24, 2.45) is 0 Å². The predicted molar refractivity (Wildman–Crippen MR) is 78.5 cm³/mol. The number of hydrogen-bond donors (Lipinski definition) is 1. The van der Waals surface area contributed by atoms with Gasteiger partial charge >= 0.3 is 0 Å². The molecule has 0 unspecified atom stereocenters. The number of aromatic amines is 1. The number of halogens is 2. The number of aryl methyl sites for hydroxylation is 2. The van der Waals surface area contributed by atoms with Crippen molar-refractivity contribution >= 4 is 17.2 Å². The molecule has 0 amide bonds. The van der Waals surface area contributed by atoms with Gasteiger partial charge in [0.05, 0.1) is 5.69 Å². The van der Waals surface area contributed by atoms with Gasteiger partial charge < -0.3 is 4.98 Å². The molecule has 0 atom stereocenters. The van der Waals surface area contributed by atoms with Crippen LogP contribution in [-0.2, 0) is 0 Å². The molecular formula is C17H13F2NO. The molecule has 0 aliphatic carbocycles. The highest BCUT2D eigenvalue weighted by molar-refractivity contribution is 6.06. The normalized spacial score (nSPS) is 11.0. The number of aromatic nitrogens is 1. The van der Waals surface area contributed by atoms with Crippen LogP contribution in [0, 0.1) is 25.5 Å². The van der Waals surface area contributed by atoms with Crippen LogP contribution >= 0.6 is 0 Å². The lowest BCUT2D eigenvalue weighted by molar-refractivity contribution is 0.112. The van der Waals surface area contributed by atoms with E-state index in [4.69, 9.17) is 0 Å². The summed E-state index contributed by atoms with van der Waals surface area (Å²) in [6.45, 7) is 3.83. The van der Waals surface area contributed by atoms with Crippen LogP contribution in [0.4, 0.5) is 8.78 Å². The molecule has 0 saturated heterocycles. The third kappa shape index (κ3) is 2.13. The van der Waals surface area contributed by atoms with E-state index in [0.717, 1.165) is 40.2 Å². The van der Waals surface area contributed by atoms with Gasteiger partial charge in [-0.1, -0.05) is 6.07 Å². The first kappa shape index (κ1) is 13.5. The van der Waals surface area contributed by atoms with Gasteiger partial charge in [0, 0.05) is 22.0 Å². The number of nitrogens with one attached hydrogen (secondary N) is 1. The molecule has 3 rings (SSSR count). The van der Waals surface area contributed by atoms with E-state index in [-0.39, 0.29) is 5.56 Å². The molecule has 0 aliphatic rings. The lowest BCUT2D eigenvalue weighted by Crippen LogP contribution is -1.90. The lowest BCUT2D eigenvalue weighted by atomic mass is 10.0. The first-order valence-electron chi connectivity index (χ1n) is 6.55. The summed E-state index contributed by atoms with van der Waals surface area (Å²) in [5, 5.41) is 0.745. The van der Waals surface area contributed by atoms with Crippen molar-refractivity contribution in [2.45, 2.75) is 13.8 Å². The van der Waals surface area contributed by atoms with E-state index >= 15 is 0 Å². The zero-order valence-electron chi connectivity index (χ0n) is 11.6. The van der Waals surface area contributed by atoms with Crippen molar-refractivity contribution in [2.75, 3.05) is 0 Å². The van der Waals surface area contributed by atoms with Crippen LogP contribution in [0.5, 0.6) is 0 Å². The van der Waals surface area contributed by atoms with Crippen LogP contribution < -0.4 is 0 Å². The fraction of sp³-hybridized carbons (Fsp3) is 0.118. The van der Waals surface area contributed by atoms with Crippen molar-refractivity contribution in [1.29, 1.82) is 0 Å². The van der Waals surface area contributed by atoms with Gasteiger partial charge in [0.1, 0.15) is 11.6 Å². The average Bonchev–Trinajstić information content (AvgIpc) is 2.79. The summed E-state index contributed by atoms with van der Waals surface area (Å²) >= 11 is 0. The molecule has 1 heterocycles. The number of H-pyrrole nitrogens is 1. The maximum Gasteiger partial charge on any atom is 0.152 e. The molecule has 4 heteroatoms. The summed E-state index contributed by atoms with van der Waals surface area (Å²) in [7, 11) is 0. The smallest absolute Gasteiger partial charge is 0.152 e. The Morgan fingerprint density at radius 2 is 1.86 bits per heavy atom. The number of carbonyl (C=O) groups is 1. The summed E-state index contributed by atoms with van der Waals surface area (Å²) in [6, 6.07) is 7.04. The molecule has 0 bridgehead atoms. The van der Waals surface area contributed by atoms with Crippen LogP contribution in [0.2, 0.25) is 0 Å². The molecule has 2 aromatic carbocycles. The molecule has 0 aliphatic heterocycles. The maximum absolute atomic E-state index is 14.0. The second-order valence-electron chi connectivity index (χ2n) is 5.16. The standard InChI is InChI=1S/C17H13F2NO/c1-9-5-10(2)16-13(8-21)17(20-15(16)6-9)12-7-11(18)3-4-14(12)19/h3-8,20H,1-2H3. The second kappa shape index (κ2) is 4.81. The molecule has 0 saturated carbocycles. The Morgan fingerprint density at radius 3 is 2.57 bits per heavy atom. The summed E-state index contributed by atoms with van der Waals surface area (Å²) in [5.74, 6) is -1.12. The minimum absolute atomic E-state index is 0.0605. The largest absolute Gasteiger partial charge is 0.354 e. The quantitative estimate of drug-likeness (QED) is 0.689. The van der Waals surface area contributed by atoms with Crippen molar-refractivity contribution in [3.8, 4) is 11.3 Å². The Kier molecular flexibility index (Phi) is 3.09. The van der Waals surface area contributed by atoms with Crippen molar-refractivity contribution in [3.05, 3.63) is 58.7 Å². The van der Waals surface area contributed by atoms with Gasteiger partial charge in [-0.2, -0.15) is 0 Å². The molecule has 3 aromatic rings. The highest BCUT2D eigenvalue weighted by Gasteiger charge is 2.17. The Morgan fingerprint density at radius 1 is 1.10 bits per heavy atom. The third-order valence-electron chi connectivity index (χ3n) is 3.59. The third-order valence-corrected chi connectivity index (χ3v) is 3.59. The minimum Gasteiger partial charge on any atom is -0.354 e. The van der Waals surface area contributed by atoms with E-state index < -0.39 is 11.6 Å². The summed E-state index contributed by atoms with van der Waals surface area (Å²) in [4.78, 5) is 14.5. The van der Waals surface area contributed by atoms with Gasteiger partial charge in [-0.05, 0) is 49.2 Å². The molecular weight excluding hydrogens is 272 g/mol. The van der Waals surface area contributed by atoms with Crippen LogP contribution in [0.15, 0.2) is 30.3 Å². The molecule has 2 nitrogen and oxygen atoms in total. The van der Waals surface area contributed by atoms with E-state index in [1.165, 1.54) is 0 Å². The van der Waals surface area contributed by atoms with Gasteiger partial charge in [0.25, 0.3) is 0 Å². The molecule has 1 aromatic heterocycles. The van der Waals surface area contributed by atoms with Gasteiger partial charge in [0.2, 0.25) is 0 Å². The second-order valence-corrected chi connectivity index (χ2v) is 5.16. The number of benzene rings is 2. The fourth-order valence-electron chi connectivity index (χ4n) is 2.77. The molecule has 0 spiro atoms. The van der Waals surface area contributed by atoms with Crippen molar-refractivity contribution in [1.82, 2.24) is 4.98 Å². The SMILES string of the molecule is Cc1cc(C)c2c(C=O)c(-c3cc(F)ccc3F)[nH]c2c1. The number of carbonyl (C=O) groups excluding carboxylic acids is 1. The molecule has 0 radical (unpaired) electrons. The van der Waals surface area contributed by atoms with Gasteiger partial charge in [-0.15, -0.1) is 0 Å².